The van der Waals surface area contributed by atoms with Gasteiger partial charge in [-0.05, 0) is 31.7 Å². The van der Waals surface area contributed by atoms with Gasteiger partial charge in [-0.25, -0.2) is 0 Å². The minimum absolute atomic E-state index is 0.213. The molecule has 2 fully saturated rings. The molecule has 1 saturated carbocycles. The van der Waals surface area contributed by atoms with Crippen LogP contribution in [0.3, 0.4) is 0 Å². The summed E-state index contributed by atoms with van der Waals surface area (Å²) in [5, 5.41) is 0. The molecule has 2 atom stereocenters. The molecular weight excluding hydrogens is 179 g/mol. The molecule has 0 N–H and O–H groups in total. The second kappa shape index (κ2) is 3.15. The number of hydrogen-bond acceptors (Lipinski definition) is 1. The SMILES string of the molecule is FC(F)(F)CCN1CCCC2CC21. The molecule has 0 aromatic carbocycles. The van der Waals surface area contributed by atoms with E-state index < -0.39 is 12.6 Å². The molecule has 76 valence electrons. The first-order valence-electron chi connectivity index (χ1n) is 4.87. The summed E-state index contributed by atoms with van der Waals surface area (Å²) in [5.41, 5.74) is 0. The molecular formula is C9H14F3N. The van der Waals surface area contributed by atoms with Crippen LogP contribution in [0.1, 0.15) is 25.7 Å². The average molecular weight is 193 g/mol. The van der Waals surface area contributed by atoms with E-state index in [0.29, 0.717) is 6.04 Å². The molecule has 1 saturated heterocycles. The van der Waals surface area contributed by atoms with Gasteiger partial charge in [0.15, 0.2) is 0 Å². The van der Waals surface area contributed by atoms with Crippen LogP contribution in [0.15, 0.2) is 0 Å². The Morgan fingerprint density at radius 2 is 2.08 bits per heavy atom. The monoisotopic (exact) mass is 193 g/mol. The fraction of sp³-hybridized carbons (Fsp3) is 1.00. The minimum Gasteiger partial charge on any atom is -0.300 e. The van der Waals surface area contributed by atoms with Gasteiger partial charge in [0.1, 0.15) is 0 Å². The van der Waals surface area contributed by atoms with Crippen LogP contribution >= 0.6 is 0 Å². The molecule has 2 unspecified atom stereocenters. The molecule has 1 heterocycles. The van der Waals surface area contributed by atoms with Crippen LogP contribution in [0.25, 0.3) is 0 Å². The number of fused-ring (bicyclic) bond motifs is 1. The van der Waals surface area contributed by atoms with Crippen molar-refractivity contribution in [3.63, 3.8) is 0 Å². The molecule has 13 heavy (non-hydrogen) atoms. The van der Waals surface area contributed by atoms with Crippen molar-refractivity contribution >= 4 is 0 Å². The van der Waals surface area contributed by atoms with Gasteiger partial charge in [-0.2, -0.15) is 13.2 Å². The number of likely N-dealkylation sites (tertiary alicyclic amines) is 1. The Kier molecular flexibility index (Phi) is 2.26. The largest absolute Gasteiger partial charge is 0.390 e. The molecule has 0 aromatic heterocycles. The number of nitrogens with zero attached hydrogens (tertiary/aromatic N) is 1. The smallest absolute Gasteiger partial charge is 0.300 e. The van der Waals surface area contributed by atoms with E-state index in [1.54, 1.807) is 0 Å². The van der Waals surface area contributed by atoms with Crippen molar-refractivity contribution < 1.29 is 13.2 Å². The number of hydrogen-bond donors (Lipinski definition) is 0. The molecule has 0 bridgehead atoms. The number of rotatable bonds is 2. The van der Waals surface area contributed by atoms with Gasteiger partial charge >= 0.3 is 6.18 Å². The molecule has 0 spiro atoms. The molecule has 2 aliphatic rings. The van der Waals surface area contributed by atoms with E-state index in [0.717, 1.165) is 25.3 Å². The molecule has 1 aliphatic heterocycles. The highest BCUT2D eigenvalue weighted by Crippen LogP contribution is 2.43. The fourth-order valence-corrected chi connectivity index (χ4v) is 2.26. The molecule has 1 aliphatic carbocycles. The van der Waals surface area contributed by atoms with Crippen LogP contribution in [-0.2, 0) is 0 Å². The van der Waals surface area contributed by atoms with Crippen LogP contribution in [0, 0.1) is 5.92 Å². The van der Waals surface area contributed by atoms with Gasteiger partial charge in [0.2, 0.25) is 0 Å². The minimum atomic E-state index is -3.98. The second-order valence-corrected chi connectivity index (χ2v) is 4.11. The lowest BCUT2D eigenvalue weighted by Crippen LogP contribution is -2.34. The molecule has 2 rings (SSSR count). The Balaban J connectivity index is 1.75. The zero-order valence-corrected chi connectivity index (χ0v) is 7.48. The normalized spacial score (nSPS) is 34.4. The maximum Gasteiger partial charge on any atom is 0.390 e. The lowest BCUT2D eigenvalue weighted by Gasteiger charge is -2.26. The van der Waals surface area contributed by atoms with Crippen molar-refractivity contribution in [1.82, 2.24) is 4.90 Å². The summed E-state index contributed by atoms with van der Waals surface area (Å²) in [6, 6.07) is 0.496. The van der Waals surface area contributed by atoms with E-state index in [1.165, 1.54) is 6.42 Å². The van der Waals surface area contributed by atoms with Crippen LogP contribution in [0.4, 0.5) is 13.2 Å². The molecule has 0 aromatic rings. The summed E-state index contributed by atoms with van der Waals surface area (Å²) >= 11 is 0. The van der Waals surface area contributed by atoms with E-state index in [1.807, 2.05) is 4.90 Å². The molecule has 1 nitrogen and oxygen atoms in total. The van der Waals surface area contributed by atoms with E-state index in [2.05, 4.69) is 0 Å². The second-order valence-electron chi connectivity index (χ2n) is 4.11. The predicted molar refractivity (Wildman–Crippen MR) is 43.4 cm³/mol. The Hall–Kier alpha value is -0.250. The summed E-state index contributed by atoms with van der Waals surface area (Å²) in [6.07, 6.45) is -1.18. The van der Waals surface area contributed by atoms with Crippen LogP contribution < -0.4 is 0 Å². The Morgan fingerprint density at radius 1 is 1.31 bits per heavy atom. The third-order valence-electron chi connectivity index (χ3n) is 3.06. The average Bonchev–Trinajstić information content (AvgIpc) is 2.77. The van der Waals surface area contributed by atoms with Crippen molar-refractivity contribution in [2.24, 2.45) is 5.92 Å². The van der Waals surface area contributed by atoms with Gasteiger partial charge in [-0.1, -0.05) is 0 Å². The standard InChI is InChI=1S/C9H14F3N/c10-9(11,12)3-5-13-4-1-2-7-6-8(7)13/h7-8H,1-6H2. The summed E-state index contributed by atoms with van der Waals surface area (Å²) < 4.78 is 35.8. The highest BCUT2D eigenvalue weighted by atomic mass is 19.4. The summed E-state index contributed by atoms with van der Waals surface area (Å²) in [5.74, 6) is 0.724. The van der Waals surface area contributed by atoms with Crippen molar-refractivity contribution in [2.45, 2.75) is 37.9 Å². The maximum atomic E-state index is 11.9. The van der Waals surface area contributed by atoms with E-state index >= 15 is 0 Å². The zero-order valence-electron chi connectivity index (χ0n) is 7.48. The third-order valence-corrected chi connectivity index (χ3v) is 3.06. The van der Waals surface area contributed by atoms with E-state index in [4.69, 9.17) is 0 Å². The maximum absolute atomic E-state index is 11.9. The molecule has 0 amide bonds. The van der Waals surface area contributed by atoms with Crippen LogP contribution in [0.2, 0.25) is 0 Å². The van der Waals surface area contributed by atoms with E-state index in [-0.39, 0.29) is 6.54 Å². The highest BCUT2D eigenvalue weighted by Gasteiger charge is 2.44. The van der Waals surface area contributed by atoms with Crippen molar-refractivity contribution in [1.29, 1.82) is 0 Å². The summed E-state index contributed by atoms with van der Waals surface area (Å²) in [6.45, 7) is 1.09. The van der Waals surface area contributed by atoms with Crippen molar-refractivity contribution in [2.75, 3.05) is 13.1 Å². The summed E-state index contributed by atoms with van der Waals surface area (Å²) in [4.78, 5) is 2.02. The van der Waals surface area contributed by atoms with Gasteiger partial charge in [0, 0.05) is 12.6 Å². The number of alkyl halides is 3. The quantitative estimate of drug-likeness (QED) is 0.651. The van der Waals surface area contributed by atoms with Crippen LogP contribution in [0.5, 0.6) is 0 Å². The lowest BCUT2D eigenvalue weighted by molar-refractivity contribution is -0.138. The number of piperidine rings is 1. The first kappa shape index (κ1) is 9.31. The topological polar surface area (TPSA) is 3.24 Å². The van der Waals surface area contributed by atoms with Crippen molar-refractivity contribution in [3.8, 4) is 0 Å². The number of halogens is 3. The summed E-state index contributed by atoms with van der Waals surface area (Å²) in [7, 11) is 0. The van der Waals surface area contributed by atoms with E-state index in [9.17, 15) is 13.2 Å². The Bertz CT molecular complexity index is 190. The van der Waals surface area contributed by atoms with Crippen molar-refractivity contribution in [3.05, 3.63) is 0 Å². The highest BCUT2D eigenvalue weighted by molar-refractivity contribution is 4.98. The first-order chi connectivity index (χ1) is 6.06. The van der Waals surface area contributed by atoms with Gasteiger partial charge in [0.25, 0.3) is 0 Å². The Labute approximate surface area is 75.9 Å². The van der Waals surface area contributed by atoms with Gasteiger partial charge in [-0.3, -0.25) is 4.90 Å². The van der Waals surface area contributed by atoms with Crippen LogP contribution in [-0.4, -0.2) is 30.2 Å². The molecule has 0 radical (unpaired) electrons. The first-order valence-corrected chi connectivity index (χ1v) is 4.87. The molecule has 4 heteroatoms. The van der Waals surface area contributed by atoms with Gasteiger partial charge in [0.05, 0.1) is 6.42 Å². The Morgan fingerprint density at radius 3 is 2.77 bits per heavy atom. The van der Waals surface area contributed by atoms with Gasteiger partial charge in [-0.15, -0.1) is 0 Å². The zero-order chi connectivity index (χ0) is 9.47. The third kappa shape index (κ3) is 2.36. The predicted octanol–water partition coefficient (Wildman–Crippen LogP) is 2.42. The lowest BCUT2D eigenvalue weighted by atomic mass is 10.1. The van der Waals surface area contributed by atoms with Gasteiger partial charge < -0.3 is 0 Å². The fourth-order valence-electron chi connectivity index (χ4n) is 2.26.